The van der Waals surface area contributed by atoms with E-state index in [9.17, 15) is 15.0 Å². The monoisotopic (exact) mass is 290 g/mol. The predicted octanol–water partition coefficient (Wildman–Crippen LogP) is -0.0721. The molecule has 0 saturated carbocycles. The minimum absolute atomic E-state index is 0.219. The van der Waals surface area contributed by atoms with Gasteiger partial charge in [0.2, 0.25) is 0 Å². The molecular formula is C13H22O7. The van der Waals surface area contributed by atoms with Crippen LogP contribution in [0, 0.1) is 0 Å². The van der Waals surface area contributed by atoms with Crippen LogP contribution in [-0.2, 0) is 23.7 Å². The largest absolute Gasteiger partial charge is 0.463 e. The standard InChI is InChI=1S/C13H22O7/c1-4-5-8(15)17-6-7(14)10-9(16)11-12(18-10)20-13(2,3)19-11/h7,9-12,14,16H,4-6H2,1-3H3/t7?,9-,10+,11+,12+/m0/s1. The van der Waals surface area contributed by atoms with E-state index in [1.807, 2.05) is 6.92 Å². The van der Waals surface area contributed by atoms with Crippen LogP contribution in [0.4, 0.5) is 0 Å². The number of carbonyl (C=O) groups is 1. The number of esters is 1. The molecule has 2 aliphatic heterocycles. The van der Waals surface area contributed by atoms with E-state index in [-0.39, 0.29) is 12.6 Å². The summed E-state index contributed by atoms with van der Waals surface area (Å²) in [6.07, 6.45) is -3.42. The number of fused-ring (bicyclic) bond motifs is 1. The molecule has 2 fully saturated rings. The second-order valence-electron chi connectivity index (χ2n) is 5.56. The molecule has 20 heavy (non-hydrogen) atoms. The first-order chi connectivity index (χ1) is 9.34. The molecule has 2 saturated heterocycles. The van der Waals surface area contributed by atoms with Crippen molar-refractivity contribution in [1.29, 1.82) is 0 Å². The topological polar surface area (TPSA) is 94.5 Å². The molecule has 0 radical (unpaired) electrons. The molecule has 2 aliphatic rings. The van der Waals surface area contributed by atoms with Gasteiger partial charge >= 0.3 is 5.97 Å². The highest BCUT2D eigenvalue weighted by Crippen LogP contribution is 2.38. The Morgan fingerprint density at radius 3 is 2.70 bits per heavy atom. The molecule has 7 nitrogen and oxygen atoms in total. The lowest BCUT2D eigenvalue weighted by molar-refractivity contribution is -0.228. The zero-order valence-corrected chi connectivity index (χ0v) is 11.9. The highest BCUT2D eigenvalue weighted by atomic mass is 16.8. The third kappa shape index (κ3) is 3.29. The summed E-state index contributed by atoms with van der Waals surface area (Å²) >= 11 is 0. The van der Waals surface area contributed by atoms with Crippen molar-refractivity contribution >= 4 is 5.97 Å². The van der Waals surface area contributed by atoms with Gasteiger partial charge in [-0.25, -0.2) is 0 Å². The summed E-state index contributed by atoms with van der Waals surface area (Å²) in [6, 6.07) is 0. The molecule has 0 spiro atoms. The molecular weight excluding hydrogens is 268 g/mol. The Bertz CT molecular complexity index is 357. The predicted molar refractivity (Wildman–Crippen MR) is 66.6 cm³/mol. The summed E-state index contributed by atoms with van der Waals surface area (Å²) in [7, 11) is 0. The Morgan fingerprint density at radius 2 is 2.10 bits per heavy atom. The van der Waals surface area contributed by atoms with Gasteiger partial charge in [0, 0.05) is 6.42 Å². The van der Waals surface area contributed by atoms with Crippen molar-refractivity contribution in [2.45, 2.75) is 70.1 Å². The van der Waals surface area contributed by atoms with Crippen molar-refractivity contribution in [3.8, 4) is 0 Å². The summed E-state index contributed by atoms with van der Waals surface area (Å²) in [4.78, 5) is 11.2. The fourth-order valence-electron chi connectivity index (χ4n) is 2.38. The van der Waals surface area contributed by atoms with E-state index in [4.69, 9.17) is 18.9 Å². The highest BCUT2D eigenvalue weighted by molar-refractivity contribution is 5.69. The second kappa shape index (κ2) is 5.95. The third-order valence-corrected chi connectivity index (χ3v) is 3.30. The zero-order valence-electron chi connectivity index (χ0n) is 11.9. The van der Waals surface area contributed by atoms with Crippen molar-refractivity contribution in [3.05, 3.63) is 0 Å². The van der Waals surface area contributed by atoms with Crippen molar-refractivity contribution in [1.82, 2.24) is 0 Å². The van der Waals surface area contributed by atoms with E-state index in [2.05, 4.69) is 0 Å². The molecule has 0 aromatic rings. The van der Waals surface area contributed by atoms with Crippen LogP contribution in [0.1, 0.15) is 33.6 Å². The molecule has 0 amide bonds. The summed E-state index contributed by atoms with van der Waals surface area (Å²) in [5.41, 5.74) is 0. The van der Waals surface area contributed by atoms with Crippen LogP contribution >= 0.6 is 0 Å². The smallest absolute Gasteiger partial charge is 0.305 e. The molecule has 2 rings (SSSR count). The fourth-order valence-corrected chi connectivity index (χ4v) is 2.38. The van der Waals surface area contributed by atoms with Gasteiger partial charge in [-0.15, -0.1) is 0 Å². The van der Waals surface area contributed by atoms with E-state index in [1.165, 1.54) is 0 Å². The maximum atomic E-state index is 11.2. The van der Waals surface area contributed by atoms with Crippen LogP contribution < -0.4 is 0 Å². The molecule has 0 aromatic carbocycles. The normalized spacial score (nSPS) is 36.6. The lowest BCUT2D eigenvalue weighted by Gasteiger charge is -2.25. The Balaban J connectivity index is 1.84. The first-order valence-corrected chi connectivity index (χ1v) is 6.87. The van der Waals surface area contributed by atoms with Crippen molar-refractivity contribution in [2.75, 3.05) is 6.61 Å². The average Bonchev–Trinajstić information content (AvgIpc) is 2.81. The number of carbonyl (C=O) groups excluding carboxylic acids is 1. The van der Waals surface area contributed by atoms with Crippen LogP contribution in [0.2, 0.25) is 0 Å². The van der Waals surface area contributed by atoms with Gasteiger partial charge in [0.1, 0.15) is 31.0 Å². The maximum absolute atomic E-state index is 11.2. The van der Waals surface area contributed by atoms with Crippen LogP contribution in [0.25, 0.3) is 0 Å². The van der Waals surface area contributed by atoms with E-state index < -0.39 is 36.5 Å². The van der Waals surface area contributed by atoms with E-state index in [1.54, 1.807) is 13.8 Å². The molecule has 5 atom stereocenters. The Hall–Kier alpha value is -0.730. The number of hydrogen-bond acceptors (Lipinski definition) is 7. The number of aliphatic hydroxyl groups excluding tert-OH is 2. The first kappa shape index (κ1) is 15.7. The Kier molecular flexibility index (Phi) is 4.66. The number of hydrogen-bond donors (Lipinski definition) is 2. The Labute approximate surface area is 117 Å². The third-order valence-electron chi connectivity index (χ3n) is 3.30. The summed E-state index contributed by atoms with van der Waals surface area (Å²) in [5, 5.41) is 20.0. The molecule has 1 unspecified atom stereocenters. The van der Waals surface area contributed by atoms with Gasteiger partial charge in [0.05, 0.1) is 0 Å². The SMILES string of the molecule is CCCC(=O)OCC(O)[C@H]1O[C@@H]2OC(C)(C)O[C@@H]2[C@H]1O. The molecule has 2 N–H and O–H groups in total. The summed E-state index contributed by atoms with van der Waals surface area (Å²) < 4.78 is 21.3. The van der Waals surface area contributed by atoms with Crippen LogP contribution in [-0.4, -0.2) is 59.3 Å². The molecule has 0 aliphatic carbocycles. The maximum Gasteiger partial charge on any atom is 0.305 e. The van der Waals surface area contributed by atoms with Gasteiger partial charge in [-0.05, 0) is 20.3 Å². The molecule has 2 heterocycles. The summed E-state index contributed by atoms with van der Waals surface area (Å²) in [6.45, 7) is 5.08. The molecule has 7 heteroatoms. The minimum atomic E-state index is -1.12. The second-order valence-corrected chi connectivity index (χ2v) is 5.56. The van der Waals surface area contributed by atoms with Gasteiger partial charge in [0.25, 0.3) is 0 Å². The van der Waals surface area contributed by atoms with Crippen molar-refractivity contribution < 1.29 is 34.0 Å². The first-order valence-electron chi connectivity index (χ1n) is 6.87. The molecule has 116 valence electrons. The Morgan fingerprint density at radius 1 is 1.40 bits per heavy atom. The average molecular weight is 290 g/mol. The van der Waals surface area contributed by atoms with E-state index >= 15 is 0 Å². The van der Waals surface area contributed by atoms with Crippen molar-refractivity contribution in [3.63, 3.8) is 0 Å². The van der Waals surface area contributed by atoms with Gasteiger partial charge < -0.3 is 29.2 Å². The number of ether oxygens (including phenoxy) is 4. The van der Waals surface area contributed by atoms with E-state index in [0.717, 1.165) is 0 Å². The summed E-state index contributed by atoms with van der Waals surface area (Å²) in [5.74, 6) is -1.20. The van der Waals surface area contributed by atoms with Crippen molar-refractivity contribution in [2.24, 2.45) is 0 Å². The zero-order chi connectivity index (χ0) is 14.9. The lowest BCUT2D eigenvalue weighted by atomic mass is 10.1. The van der Waals surface area contributed by atoms with Crippen LogP contribution in [0.15, 0.2) is 0 Å². The highest BCUT2D eigenvalue weighted by Gasteiger charge is 2.55. The van der Waals surface area contributed by atoms with Gasteiger partial charge in [-0.1, -0.05) is 6.92 Å². The minimum Gasteiger partial charge on any atom is -0.463 e. The lowest BCUT2D eigenvalue weighted by Crippen LogP contribution is -2.43. The number of aliphatic hydroxyl groups is 2. The quantitative estimate of drug-likeness (QED) is 0.684. The van der Waals surface area contributed by atoms with Gasteiger partial charge in [-0.3, -0.25) is 4.79 Å². The van der Waals surface area contributed by atoms with Crippen LogP contribution in [0.5, 0.6) is 0 Å². The van der Waals surface area contributed by atoms with Crippen LogP contribution in [0.3, 0.4) is 0 Å². The fraction of sp³-hybridized carbons (Fsp3) is 0.923. The number of rotatable bonds is 5. The van der Waals surface area contributed by atoms with Gasteiger partial charge in [-0.2, -0.15) is 0 Å². The van der Waals surface area contributed by atoms with E-state index in [0.29, 0.717) is 12.8 Å². The molecule has 0 bridgehead atoms. The molecule has 0 aromatic heterocycles. The van der Waals surface area contributed by atoms with Gasteiger partial charge in [0.15, 0.2) is 12.1 Å².